The molecule has 0 aliphatic rings. The minimum absolute atomic E-state index is 0.00204. The number of allylic oxidation sites excluding steroid dienone is 2. The normalized spacial score (nSPS) is 11.3. The second-order valence-electron chi connectivity index (χ2n) is 13.1. The van der Waals surface area contributed by atoms with E-state index in [1.807, 2.05) is 6.92 Å². The number of aromatic nitrogens is 6. The Morgan fingerprint density at radius 2 is 1.63 bits per heavy atom. The maximum absolute atomic E-state index is 13.7. The molecule has 60 heavy (non-hydrogen) atoms. The molecule has 0 saturated carbocycles. The standard InChI is InChI=1S/C39H43N11O10/c1-4-50-28(17-22(3)47-50)36(55)46-38-45-26-18-23(34(40)53)19-29(58-14-8-15-60-39(56)42-11-9-30(52)57-5-2)31(26)48(38)12-6-7-13-49-32-27(44-37(49)43-21-51)20-25(35(41)54)24-10-16-59-33(24)32/h6-7,10,16-21H,4-5,8-9,11-15H2,1-3H3,(H2,40,53)(H2,41,54)(H,42,56)(H,43,44,51)(H,45,46,55)/b7-6+. The zero-order valence-corrected chi connectivity index (χ0v) is 33.0. The van der Waals surface area contributed by atoms with Crippen molar-refractivity contribution in [2.45, 2.75) is 53.2 Å². The number of hydrogen-bond acceptors (Lipinski definition) is 13. The molecule has 21 nitrogen and oxygen atoms in total. The van der Waals surface area contributed by atoms with Crippen LogP contribution in [-0.4, -0.2) is 91.4 Å². The van der Waals surface area contributed by atoms with Crippen LogP contribution in [0.25, 0.3) is 33.0 Å². The number of imidazole rings is 2. The van der Waals surface area contributed by atoms with E-state index in [4.69, 9.17) is 30.1 Å². The first-order valence-corrected chi connectivity index (χ1v) is 18.9. The molecule has 0 spiro atoms. The van der Waals surface area contributed by atoms with Crippen LogP contribution in [0, 0.1) is 6.92 Å². The van der Waals surface area contributed by atoms with Gasteiger partial charge in [0.1, 0.15) is 22.5 Å². The number of aryl methyl sites for hydroxylation is 2. The van der Waals surface area contributed by atoms with Gasteiger partial charge in [-0.05, 0) is 51.1 Å². The van der Waals surface area contributed by atoms with Gasteiger partial charge >= 0.3 is 12.1 Å². The Balaban J connectivity index is 1.29. The van der Waals surface area contributed by atoms with Crippen LogP contribution in [0.1, 0.15) is 63.6 Å². The van der Waals surface area contributed by atoms with Crippen molar-refractivity contribution in [2.24, 2.45) is 11.5 Å². The van der Waals surface area contributed by atoms with E-state index in [9.17, 15) is 28.8 Å². The summed E-state index contributed by atoms with van der Waals surface area (Å²) in [5.74, 6) is -1.84. The highest BCUT2D eigenvalue weighted by molar-refractivity contribution is 6.14. The molecule has 5 amide bonds. The number of ether oxygens (including phenoxy) is 3. The molecule has 4 aromatic heterocycles. The average molecular weight is 826 g/mol. The second-order valence-corrected chi connectivity index (χ2v) is 13.1. The first-order valence-electron chi connectivity index (χ1n) is 18.9. The van der Waals surface area contributed by atoms with E-state index in [0.717, 1.165) is 0 Å². The number of amides is 5. The fourth-order valence-electron chi connectivity index (χ4n) is 6.48. The summed E-state index contributed by atoms with van der Waals surface area (Å²) >= 11 is 0. The number of furan rings is 1. The first-order chi connectivity index (χ1) is 28.9. The lowest BCUT2D eigenvalue weighted by Gasteiger charge is -2.13. The Bertz CT molecular complexity index is 2630. The number of carbonyl (C=O) groups excluding carboxylic acids is 6. The molecule has 4 heterocycles. The van der Waals surface area contributed by atoms with E-state index in [0.29, 0.717) is 51.9 Å². The number of fused-ring (bicyclic) bond motifs is 4. The summed E-state index contributed by atoms with van der Waals surface area (Å²) in [6.45, 7) is 6.30. The smallest absolute Gasteiger partial charge is 0.407 e. The van der Waals surface area contributed by atoms with Crippen LogP contribution < -0.4 is 32.2 Å². The van der Waals surface area contributed by atoms with Gasteiger partial charge in [-0.15, -0.1) is 0 Å². The van der Waals surface area contributed by atoms with Crippen LogP contribution >= 0.6 is 0 Å². The van der Waals surface area contributed by atoms with Crippen LogP contribution in [0.2, 0.25) is 0 Å². The van der Waals surface area contributed by atoms with E-state index < -0.39 is 29.8 Å². The van der Waals surface area contributed by atoms with Crippen molar-refractivity contribution >= 4 is 81.1 Å². The van der Waals surface area contributed by atoms with E-state index in [1.54, 1.807) is 51.9 Å². The Labute approximate surface area is 341 Å². The molecule has 0 atom stereocenters. The molecule has 21 heteroatoms. The number of esters is 1. The van der Waals surface area contributed by atoms with Crippen molar-refractivity contribution < 1.29 is 47.4 Å². The summed E-state index contributed by atoms with van der Waals surface area (Å²) in [6.07, 6.45) is 4.99. The summed E-state index contributed by atoms with van der Waals surface area (Å²) in [6, 6.07) is 7.74. The number of nitrogens with two attached hydrogens (primary N) is 2. The van der Waals surface area contributed by atoms with Crippen molar-refractivity contribution in [1.82, 2.24) is 34.2 Å². The van der Waals surface area contributed by atoms with Crippen molar-refractivity contribution in [1.29, 1.82) is 0 Å². The van der Waals surface area contributed by atoms with Crippen LogP contribution in [0.5, 0.6) is 5.75 Å². The zero-order chi connectivity index (χ0) is 42.9. The molecule has 314 valence electrons. The molecule has 6 aromatic rings. The topological polar surface area (TPSA) is 285 Å². The highest BCUT2D eigenvalue weighted by atomic mass is 16.6. The molecule has 0 radical (unpaired) electrons. The number of primary amides is 2. The fourth-order valence-corrected chi connectivity index (χ4v) is 6.48. The lowest BCUT2D eigenvalue weighted by atomic mass is 10.1. The first kappa shape index (κ1) is 41.9. The molecule has 6 rings (SSSR count). The quantitative estimate of drug-likeness (QED) is 0.0320. The van der Waals surface area contributed by atoms with Gasteiger partial charge in [-0.2, -0.15) is 5.10 Å². The highest BCUT2D eigenvalue weighted by Gasteiger charge is 2.23. The van der Waals surface area contributed by atoms with E-state index in [-0.39, 0.29) is 86.6 Å². The SMILES string of the molecule is CCOC(=O)CCNC(=O)OCCCOc1cc(C(N)=O)cc2nc(NC(=O)c3cc(C)nn3CC)n(C/C=C/Cn3c(NC=O)nc4cc(C(N)=O)c5ccoc5c43)c12. The van der Waals surface area contributed by atoms with Gasteiger partial charge in [0, 0.05) is 43.5 Å². The molecule has 0 aliphatic carbocycles. The van der Waals surface area contributed by atoms with Crippen molar-refractivity contribution in [3.8, 4) is 5.75 Å². The van der Waals surface area contributed by atoms with Gasteiger partial charge in [0.25, 0.3) is 5.91 Å². The molecule has 2 aromatic carbocycles. The number of hydrogen-bond donors (Lipinski definition) is 5. The molecular formula is C39H43N11O10. The average Bonchev–Trinajstić information content (AvgIpc) is 4.00. The van der Waals surface area contributed by atoms with Gasteiger partial charge in [0.2, 0.25) is 30.1 Å². The van der Waals surface area contributed by atoms with Crippen LogP contribution in [0.4, 0.5) is 16.7 Å². The Kier molecular flexibility index (Phi) is 13.1. The molecular weight excluding hydrogens is 782 g/mol. The number of carbonyl (C=O) groups is 6. The van der Waals surface area contributed by atoms with Gasteiger partial charge in [-0.1, -0.05) is 12.2 Å². The minimum atomic E-state index is -0.743. The lowest BCUT2D eigenvalue weighted by Crippen LogP contribution is -2.27. The number of alkyl carbamates (subject to hydrolysis) is 1. The predicted molar refractivity (Wildman–Crippen MR) is 216 cm³/mol. The van der Waals surface area contributed by atoms with Crippen LogP contribution in [0.3, 0.4) is 0 Å². The third-order valence-electron chi connectivity index (χ3n) is 9.08. The monoisotopic (exact) mass is 825 g/mol. The van der Waals surface area contributed by atoms with E-state index in [1.165, 1.54) is 24.5 Å². The summed E-state index contributed by atoms with van der Waals surface area (Å²) in [4.78, 5) is 82.7. The summed E-state index contributed by atoms with van der Waals surface area (Å²) in [5.41, 5.74) is 14.5. The van der Waals surface area contributed by atoms with Crippen LogP contribution in [0.15, 0.2) is 53.2 Å². The van der Waals surface area contributed by atoms with Crippen LogP contribution in [-0.2, 0) is 38.7 Å². The molecule has 0 unspecified atom stereocenters. The maximum atomic E-state index is 13.7. The summed E-state index contributed by atoms with van der Waals surface area (Å²) in [5, 5.41) is 12.8. The molecule has 7 N–H and O–H groups in total. The Hall–Kier alpha value is -7.71. The number of nitrogens with one attached hydrogen (secondary N) is 3. The highest BCUT2D eigenvalue weighted by Crippen LogP contribution is 2.33. The third kappa shape index (κ3) is 9.19. The Morgan fingerprint density at radius 1 is 0.900 bits per heavy atom. The molecule has 0 bridgehead atoms. The molecule has 0 aliphatic heterocycles. The molecule has 0 fully saturated rings. The number of rotatable bonds is 20. The maximum Gasteiger partial charge on any atom is 0.407 e. The number of nitrogens with zero attached hydrogens (tertiary/aromatic N) is 6. The van der Waals surface area contributed by atoms with E-state index >= 15 is 0 Å². The third-order valence-corrected chi connectivity index (χ3v) is 9.08. The lowest BCUT2D eigenvalue weighted by molar-refractivity contribution is -0.142. The summed E-state index contributed by atoms with van der Waals surface area (Å²) < 4.78 is 26.8. The van der Waals surface area contributed by atoms with Crippen molar-refractivity contribution in [3.63, 3.8) is 0 Å². The van der Waals surface area contributed by atoms with Gasteiger partial charge in [-0.25, -0.2) is 14.8 Å². The van der Waals surface area contributed by atoms with Gasteiger partial charge in [0.15, 0.2) is 5.58 Å². The Morgan fingerprint density at radius 3 is 2.33 bits per heavy atom. The zero-order valence-electron chi connectivity index (χ0n) is 33.0. The number of anilines is 2. The number of benzene rings is 2. The van der Waals surface area contributed by atoms with E-state index in [2.05, 4.69) is 31.0 Å². The van der Waals surface area contributed by atoms with Crippen molar-refractivity contribution in [2.75, 3.05) is 37.0 Å². The summed E-state index contributed by atoms with van der Waals surface area (Å²) in [7, 11) is 0. The minimum Gasteiger partial charge on any atom is -0.491 e. The predicted octanol–water partition coefficient (Wildman–Crippen LogP) is 3.38. The fraction of sp³-hybridized carbons (Fsp3) is 0.308. The van der Waals surface area contributed by atoms with Gasteiger partial charge < -0.3 is 44.5 Å². The van der Waals surface area contributed by atoms with Gasteiger partial charge in [-0.3, -0.25) is 39.3 Å². The second kappa shape index (κ2) is 18.7. The largest absolute Gasteiger partial charge is 0.491 e. The molecule has 0 saturated heterocycles. The van der Waals surface area contributed by atoms with Gasteiger partial charge in [0.05, 0.1) is 54.8 Å². The van der Waals surface area contributed by atoms with Crippen molar-refractivity contribution in [3.05, 3.63) is 71.3 Å².